The zero-order valence-corrected chi connectivity index (χ0v) is 7.87. The first-order chi connectivity index (χ1) is 6.16. The van der Waals surface area contributed by atoms with Gasteiger partial charge in [-0.1, -0.05) is 30.4 Å². The predicted molar refractivity (Wildman–Crippen MR) is 54.4 cm³/mol. The van der Waals surface area contributed by atoms with Crippen LogP contribution in [0.25, 0.3) is 6.08 Å². The first kappa shape index (κ1) is 9.52. The molecule has 1 rings (SSSR count). The maximum Gasteiger partial charge on any atom is 0.249 e. The zero-order chi connectivity index (χ0) is 9.84. The first-order valence-electron chi connectivity index (χ1n) is 4.19. The van der Waals surface area contributed by atoms with Crippen molar-refractivity contribution < 1.29 is 4.79 Å². The van der Waals surface area contributed by atoms with E-state index >= 15 is 0 Å². The van der Waals surface area contributed by atoms with E-state index in [1.165, 1.54) is 0 Å². The molecule has 2 heteroatoms. The van der Waals surface area contributed by atoms with Crippen molar-refractivity contribution in [2.24, 2.45) is 5.73 Å². The molecule has 68 valence electrons. The summed E-state index contributed by atoms with van der Waals surface area (Å²) < 4.78 is 0. The Hall–Kier alpha value is -1.57. The molecule has 0 heterocycles. The summed E-state index contributed by atoms with van der Waals surface area (Å²) in [6.45, 7) is 3.79. The fourth-order valence-electron chi connectivity index (χ4n) is 1.35. The third-order valence-electron chi connectivity index (χ3n) is 1.90. The molecule has 1 aromatic rings. The summed E-state index contributed by atoms with van der Waals surface area (Å²) >= 11 is 0. The van der Waals surface area contributed by atoms with Crippen LogP contribution in [-0.4, -0.2) is 5.91 Å². The van der Waals surface area contributed by atoms with Crippen LogP contribution >= 0.6 is 0 Å². The quantitative estimate of drug-likeness (QED) is 0.735. The number of hydrogen-bond acceptors (Lipinski definition) is 1. The van der Waals surface area contributed by atoms with Crippen LogP contribution in [0.15, 0.2) is 24.3 Å². The van der Waals surface area contributed by atoms with E-state index in [0.717, 1.165) is 11.1 Å². The van der Waals surface area contributed by atoms with Gasteiger partial charge < -0.3 is 5.73 Å². The standard InChI is InChI=1S/C11H13NO/c1-3-5-9-7-4-6-8(2)10(9)11(12)13/h3-7H,1-2H3,(H2,12,13). The first-order valence-corrected chi connectivity index (χ1v) is 4.19. The summed E-state index contributed by atoms with van der Waals surface area (Å²) in [4.78, 5) is 11.1. The minimum absolute atomic E-state index is 0.369. The van der Waals surface area contributed by atoms with Crippen LogP contribution < -0.4 is 5.73 Å². The maximum absolute atomic E-state index is 11.1. The van der Waals surface area contributed by atoms with Crippen molar-refractivity contribution in [1.82, 2.24) is 0 Å². The Morgan fingerprint density at radius 1 is 1.46 bits per heavy atom. The van der Waals surface area contributed by atoms with E-state index in [1.54, 1.807) is 0 Å². The number of rotatable bonds is 2. The lowest BCUT2D eigenvalue weighted by Crippen LogP contribution is -2.14. The second-order valence-corrected chi connectivity index (χ2v) is 2.90. The maximum atomic E-state index is 11.1. The van der Waals surface area contributed by atoms with Crippen LogP contribution in [0, 0.1) is 6.92 Å². The second kappa shape index (κ2) is 3.90. The molecule has 2 nitrogen and oxygen atoms in total. The molecule has 0 fully saturated rings. The third kappa shape index (κ3) is 1.96. The normalized spacial score (nSPS) is 10.6. The van der Waals surface area contributed by atoms with Crippen LogP contribution in [-0.2, 0) is 0 Å². The SMILES string of the molecule is CC=Cc1cccc(C)c1C(N)=O. The molecule has 0 aliphatic rings. The monoisotopic (exact) mass is 175 g/mol. The molecule has 1 amide bonds. The van der Waals surface area contributed by atoms with E-state index < -0.39 is 0 Å². The van der Waals surface area contributed by atoms with Gasteiger partial charge in [-0.3, -0.25) is 4.79 Å². The highest BCUT2D eigenvalue weighted by Crippen LogP contribution is 2.14. The molecule has 0 saturated heterocycles. The Kier molecular flexibility index (Phi) is 2.85. The Morgan fingerprint density at radius 2 is 2.15 bits per heavy atom. The number of carbonyl (C=O) groups is 1. The van der Waals surface area contributed by atoms with E-state index in [2.05, 4.69) is 0 Å². The van der Waals surface area contributed by atoms with Gasteiger partial charge in [-0.05, 0) is 25.0 Å². The van der Waals surface area contributed by atoms with Gasteiger partial charge in [0.25, 0.3) is 0 Å². The average molecular weight is 175 g/mol. The molecule has 1 aromatic carbocycles. The van der Waals surface area contributed by atoms with Crippen molar-refractivity contribution in [3.05, 3.63) is 41.0 Å². The summed E-state index contributed by atoms with van der Waals surface area (Å²) in [6.07, 6.45) is 3.77. The summed E-state index contributed by atoms with van der Waals surface area (Å²) in [5.74, 6) is -0.369. The van der Waals surface area contributed by atoms with Gasteiger partial charge in [0.1, 0.15) is 0 Å². The molecule has 0 saturated carbocycles. The zero-order valence-electron chi connectivity index (χ0n) is 7.87. The number of aryl methyl sites for hydroxylation is 1. The molecule has 0 aliphatic heterocycles. The minimum atomic E-state index is -0.369. The van der Waals surface area contributed by atoms with E-state index in [4.69, 9.17) is 5.73 Å². The van der Waals surface area contributed by atoms with Crippen LogP contribution in [0.5, 0.6) is 0 Å². The number of amides is 1. The van der Waals surface area contributed by atoms with E-state index in [9.17, 15) is 4.79 Å². The van der Waals surface area contributed by atoms with E-state index in [1.807, 2.05) is 44.2 Å². The van der Waals surface area contributed by atoms with Gasteiger partial charge in [-0.2, -0.15) is 0 Å². The Morgan fingerprint density at radius 3 is 2.69 bits per heavy atom. The Labute approximate surface area is 78.1 Å². The second-order valence-electron chi connectivity index (χ2n) is 2.90. The van der Waals surface area contributed by atoms with Gasteiger partial charge in [-0.15, -0.1) is 0 Å². The average Bonchev–Trinajstić information content (AvgIpc) is 2.04. The van der Waals surface area contributed by atoms with E-state index in [0.29, 0.717) is 5.56 Å². The number of nitrogens with two attached hydrogens (primary N) is 1. The molecule has 0 unspecified atom stereocenters. The highest BCUT2D eigenvalue weighted by molar-refractivity contribution is 5.97. The number of hydrogen-bond donors (Lipinski definition) is 1. The molecular weight excluding hydrogens is 162 g/mol. The van der Waals surface area contributed by atoms with E-state index in [-0.39, 0.29) is 5.91 Å². The highest BCUT2D eigenvalue weighted by Gasteiger charge is 2.07. The van der Waals surface area contributed by atoms with Crippen LogP contribution in [0.4, 0.5) is 0 Å². The van der Waals surface area contributed by atoms with Gasteiger partial charge in [0.05, 0.1) is 0 Å². The van der Waals surface area contributed by atoms with Gasteiger partial charge in [0.2, 0.25) is 5.91 Å². The lowest BCUT2D eigenvalue weighted by atomic mass is 10.0. The molecule has 0 aliphatic carbocycles. The number of allylic oxidation sites excluding steroid dienone is 1. The van der Waals surface area contributed by atoms with Crippen LogP contribution in [0.2, 0.25) is 0 Å². The van der Waals surface area contributed by atoms with Crippen molar-refractivity contribution in [3.63, 3.8) is 0 Å². The van der Waals surface area contributed by atoms with Gasteiger partial charge in [-0.25, -0.2) is 0 Å². The minimum Gasteiger partial charge on any atom is -0.366 e. The lowest BCUT2D eigenvalue weighted by molar-refractivity contribution is 0.0999. The number of carbonyl (C=O) groups excluding carboxylic acids is 1. The Balaban J connectivity index is 3.34. The largest absolute Gasteiger partial charge is 0.366 e. The topological polar surface area (TPSA) is 43.1 Å². The highest BCUT2D eigenvalue weighted by atomic mass is 16.1. The smallest absolute Gasteiger partial charge is 0.249 e. The van der Waals surface area contributed by atoms with Crippen molar-refractivity contribution in [1.29, 1.82) is 0 Å². The fraction of sp³-hybridized carbons (Fsp3) is 0.182. The van der Waals surface area contributed by atoms with Crippen molar-refractivity contribution >= 4 is 12.0 Å². The van der Waals surface area contributed by atoms with Crippen molar-refractivity contribution in [2.75, 3.05) is 0 Å². The molecule has 2 N–H and O–H groups in total. The summed E-state index contributed by atoms with van der Waals surface area (Å²) in [5, 5.41) is 0. The van der Waals surface area contributed by atoms with Crippen LogP contribution in [0.1, 0.15) is 28.4 Å². The molecule has 0 atom stereocenters. The molecule has 0 spiro atoms. The van der Waals surface area contributed by atoms with Gasteiger partial charge in [0.15, 0.2) is 0 Å². The molecule has 0 radical (unpaired) electrons. The van der Waals surface area contributed by atoms with Crippen LogP contribution in [0.3, 0.4) is 0 Å². The lowest BCUT2D eigenvalue weighted by Gasteiger charge is -2.04. The summed E-state index contributed by atoms with van der Waals surface area (Å²) in [5.41, 5.74) is 7.69. The Bertz CT molecular complexity index is 353. The van der Waals surface area contributed by atoms with Gasteiger partial charge >= 0.3 is 0 Å². The van der Waals surface area contributed by atoms with Crippen molar-refractivity contribution in [2.45, 2.75) is 13.8 Å². The summed E-state index contributed by atoms with van der Waals surface area (Å²) in [7, 11) is 0. The molecule has 0 bridgehead atoms. The van der Waals surface area contributed by atoms with Crippen molar-refractivity contribution in [3.8, 4) is 0 Å². The number of benzene rings is 1. The predicted octanol–water partition coefficient (Wildman–Crippen LogP) is 2.13. The number of primary amides is 1. The fourth-order valence-corrected chi connectivity index (χ4v) is 1.35. The molecule has 0 aromatic heterocycles. The van der Waals surface area contributed by atoms with Gasteiger partial charge in [0, 0.05) is 5.56 Å². The summed E-state index contributed by atoms with van der Waals surface area (Å²) in [6, 6.07) is 5.68. The third-order valence-corrected chi connectivity index (χ3v) is 1.90. The molecule has 13 heavy (non-hydrogen) atoms. The molecular formula is C11H13NO.